The van der Waals surface area contributed by atoms with Gasteiger partial charge >= 0.3 is 0 Å². The summed E-state index contributed by atoms with van der Waals surface area (Å²) in [5.41, 5.74) is 1.77. The van der Waals surface area contributed by atoms with Gasteiger partial charge in [-0.2, -0.15) is 4.31 Å². The summed E-state index contributed by atoms with van der Waals surface area (Å²) >= 11 is 0. The van der Waals surface area contributed by atoms with Gasteiger partial charge in [-0.15, -0.1) is 0 Å². The van der Waals surface area contributed by atoms with E-state index in [9.17, 15) is 21.6 Å². The molecule has 4 rings (SSSR count). The first-order chi connectivity index (χ1) is 14.2. The van der Waals surface area contributed by atoms with Gasteiger partial charge in [-0.1, -0.05) is 30.3 Å². The molecule has 1 amide bonds. The molecule has 2 aromatic rings. The zero-order valence-corrected chi connectivity index (χ0v) is 17.9. The zero-order valence-electron chi connectivity index (χ0n) is 16.3. The van der Waals surface area contributed by atoms with Crippen molar-refractivity contribution in [3.8, 4) is 0 Å². The third kappa shape index (κ3) is 3.87. The molecule has 0 unspecified atom stereocenters. The molecule has 8 nitrogen and oxygen atoms in total. The van der Waals surface area contributed by atoms with Gasteiger partial charge in [-0.25, -0.2) is 22.0 Å². The fourth-order valence-electron chi connectivity index (χ4n) is 4.06. The molecule has 0 spiro atoms. The third-order valence-corrected chi connectivity index (χ3v) is 8.41. The van der Waals surface area contributed by atoms with Crippen LogP contribution in [0.5, 0.6) is 0 Å². The minimum Gasteiger partial charge on any atom is -0.341 e. The van der Waals surface area contributed by atoms with E-state index in [-0.39, 0.29) is 28.7 Å². The van der Waals surface area contributed by atoms with Crippen molar-refractivity contribution in [3.63, 3.8) is 0 Å². The molecule has 0 radical (unpaired) electrons. The fraction of sp³-hybridized carbons (Fsp3) is 0.350. The maximum Gasteiger partial charge on any atom is 0.244 e. The van der Waals surface area contributed by atoms with Crippen LogP contribution in [0.15, 0.2) is 58.3 Å². The van der Waals surface area contributed by atoms with E-state index in [1.807, 2.05) is 24.3 Å². The lowest BCUT2D eigenvalue weighted by Crippen LogP contribution is -2.53. The van der Waals surface area contributed by atoms with E-state index in [0.717, 1.165) is 30.0 Å². The molecule has 2 aromatic carbocycles. The van der Waals surface area contributed by atoms with Crippen molar-refractivity contribution in [1.29, 1.82) is 0 Å². The maximum absolute atomic E-state index is 13.5. The quantitative estimate of drug-likeness (QED) is 0.749. The van der Waals surface area contributed by atoms with Gasteiger partial charge in [0.05, 0.1) is 9.79 Å². The standard InChI is InChI=1S/C20H23N3O5S2/c21-29(25,26)17-8-5-9-18(13-17)30(27,28)23-14-16-7-2-1-6-15(16)12-19(23)20(24)22-10-3-4-11-22/h1-2,5-9,13,19H,3-4,10-12,14H2,(H2,21,25,26)/t19-/m0/s1. The van der Waals surface area contributed by atoms with E-state index in [4.69, 9.17) is 5.14 Å². The molecule has 1 atom stereocenters. The normalized spacial score (nSPS) is 20.2. The average molecular weight is 450 g/mol. The number of hydrogen-bond donors (Lipinski definition) is 1. The van der Waals surface area contributed by atoms with Gasteiger partial charge in [-0.3, -0.25) is 4.79 Å². The van der Waals surface area contributed by atoms with Gasteiger partial charge in [0.15, 0.2) is 0 Å². The first-order valence-electron chi connectivity index (χ1n) is 9.68. The topological polar surface area (TPSA) is 118 Å². The number of benzene rings is 2. The highest BCUT2D eigenvalue weighted by atomic mass is 32.2. The minimum atomic E-state index is -4.15. The number of rotatable bonds is 4. The van der Waals surface area contributed by atoms with Crippen LogP contribution in [0.1, 0.15) is 24.0 Å². The third-order valence-electron chi connectivity index (χ3n) is 5.65. The first-order valence-corrected chi connectivity index (χ1v) is 12.7. The Morgan fingerprint density at radius 1 is 0.900 bits per heavy atom. The molecular weight excluding hydrogens is 426 g/mol. The average Bonchev–Trinajstić information content (AvgIpc) is 3.26. The Balaban J connectivity index is 1.78. The number of likely N-dealkylation sites (tertiary alicyclic amines) is 1. The van der Waals surface area contributed by atoms with Crippen molar-refractivity contribution >= 4 is 26.0 Å². The Bertz CT molecular complexity index is 1190. The van der Waals surface area contributed by atoms with Crippen LogP contribution in [0.3, 0.4) is 0 Å². The highest BCUT2D eigenvalue weighted by Gasteiger charge is 2.41. The van der Waals surface area contributed by atoms with Gasteiger partial charge in [0, 0.05) is 19.6 Å². The Labute approximate surface area is 176 Å². The van der Waals surface area contributed by atoms with Gasteiger partial charge in [-0.05, 0) is 48.6 Å². The zero-order chi connectivity index (χ0) is 21.5. The Hall–Kier alpha value is -2.27. The number of carbonyl (C=O) groups is 1. The van der Waals surface area contributed by atoms with Gasteiger partial charge < -0.3 is 4.90 Å². The van der Waals surface area contributed by atoms with E-state index < -0.39 is 26.1 Å². The number of sulfonamides is 2. The van der Waals surface area contributed by atoms with E-state index >= 15 is 0 Å². The molecule has 0 saturated carbocycles. The van der Waals surface area contributed by atoms with E-state index in [0.29, 0.717) is 13.1 Å². The Morgan fingerprint density at radius 3 is 2.20 bits per heavy atom. The van der Waals surface area contributed by atoms with Crippen LogP contribution in [0.4, 0.5) is 0 Å². The highest BCUT2D eigenvalue weighted by molar-refractivity contribution is 7.90. The molecule has 30 heavy (non-hydrogen) atoms. The van der Waals surface area contributed by atoms with Crippen molar-refractivity contribution in [2.75, 3.05) is 13.1 Å². The summed E-state index contributed by atoms with van der Waals surface area (Å²) in [5, 5.41) is 5.17. The van der Waals surface area contributed by atoms with Crippen molar-refractivity contribution in [2.24, 2.45) is 5.14 Å². The minimum absolute atomic E-state index is 0.0440. The van der Waals surface area contributed by atoms with E-state index in [1.54, 1.807) is 4.90 Å². The van der Waals surface area contributed by atoms with Crippen LogP contribution in [0, 0.1) is 0 Å². The second kappa shape index (κ2) is 7.77. The molecule has 0 aliphatic carbocycles. The van der Waals surface area contributed by atoms with Crippen LogP contribution in [0.2, 0.25) is 0 Å². The van der Waals surface area contributed by atoms with Crippen molar-refractivity contribution in [2.45, 2.75) is 41.6 Å². The first kappa shape index (κ1) is 21.0. The number of nitrogens with zero attached hydrogens (tertiary/aromatic N) is 2. The largest absolute Gasteiger partial charge is 0.341 e. The fourth-order valence-corrected chi connectivity index (χ4v) is 6.30. The number of primary sulfonamides is 1. The summed E-state index contributed by atoms with van der Waals surface area (Å²) in [4.78, 5) is 14.4. The Kier molecular flexibility index (Phi) is 5.43. The smallest absolute Gasteiger partial charge is 0.244 e. The molecule has 2 N–H and O–H groups in total. The monoisotopic (exact) mass is 449 g/mol. The molecule has 2 aliphatic heterocycles. The molecule has 10 heteroatoms. The number of fused-ring (bicyclic) bond motifs is 1. The van der Waals surface area contributed by atoms with Crippen LogP contribution in [-0.4, -0.2) is 51.1 Å². The van der Waals surface area contributed by atoms with Crippen LogP contribution < -0.4 is 5.14 Å². The number of hydrogen-bond acceptors (Lipinski definition) is 5. The van der Waals surface area contributed by atoms with E-state index in [2.05, 4.69) is 0 Å². The van der Waals surface area contributed by atoms with Gasteiger partial charge in [0.1, 0.15) is 6.04 Å². The van der Waals surface area contributed by atoms with Crippen LogP contribution in [0.25, 0.3) is 0 Å². The molecule has 1 saturated heterocycles. The summed E-state index contributed by atoms with van der Waals surface area (Å²) in [5.74, 6) is -0.215. The summed E-state index contributed by atoms with van der Waals surface area (Å²) in [7, 11) is -8.21. The molecule has 0 aromatic heterocycles. The van der Waals surface area contributed by atoms with Gasteiger partial charge in [0.2, 0.25) is 26.0 Å². The molecular formula is C20H23N3O5S2. The Morgan fingerprint density at radius 2 is 1.53 bits per heavy atom. The lowest BCUT2D eigenvalue weighted by Gasteiger charge is -2.36. The van der Waals surface area contributed by atoms with Crippen molar-refractivity contribution < 1.29 is 21.6 Å². The van der Waals surface area contributed by atoms with Crippen molar-refractivity contribution in [1.82, 2.24) is 9.21 Å². The number of carbonyl (C=O) groups excluding carboxylic acids is 1. The number of nitrogens with two attached hydrogens (primary N) is 1. The summed E-state index contributed by atoms with van der Waals surface area (Å²) < 4.78 is 51.7. The van der Waals surface area contributed by atoms with Gasteiger partial charge in [0.25, 0.3) is 0 Å². The number of amides is 1. The maximum atomic E-state index is 13.5. The second-order valence-electron chi connectivity index (χ2n) is 7.59. The molecule has 160 valence electrons. The molecule has 1 fully saturated rings. The molecule has 0 bridgehead atoms. The highest BCUT2D eigenvalue weighted by Crippen LogP contribution is 2.31. The van der Waals surface area contributed by atoms with Crippen LogP contribution >= 0.6 is 0 Å². The molecule has 2 aliphatic rings. The predicted octanol–water partition coefficient (Wildman–Crippen LogP) is 1.07. The van der Waals surface area contributed by atoms with E-state index in [1.165, 1.54) is 22.5 Å². The van der Waals surface area contributed by atoms with Crippen molar-refractivity contribution in [3.05, 3.63) is 59.7 Å². The van der Waals surface area contributed by atoms with Crippen LogP contribution in [-0.2, 0) is 37.8 Å². The summed E-state index contributed by atoms with van der Waals surface area (Å²) in [6.45, 7) is 1.28. The summed E-state index contributed by atoms with van der Waals surface area (Å²) in [6.07, 6.45) is 2.08. The lowest BCUT2D eigenvalue weighted by atomic mass is 9.95. The predicted molar refractivity (Wildman–Crippen MR) is 110 cm³/mol. The molecule has 2 heterocycles. The lowest BCUT2D eigenvalue weighted by molar-refractivity contribution is -0.134. The SMILES string of the molecule is NS(=O)(=O)c1cccc(S(=O)(=O)N2Cc3ccccc3C[C@H]2C(=O)N2CCCC2)c1. The second-order valence-corrected chi connectivity index (χ2v) is 11.0. The summed E-state index contributed by atoms with van der Waals surface area (Å²) in [6, 6.07) is 11.5.